The maximum Gasteiger partial charge on any atom is 0.330 e. The van der Waals surface area contributed by atoms with E-state index in [2.05, 4.69) is 15.2 Å². The zero-order valence-corrected chi connectivity index (χ0v) is 12.1. The van der Waals surface area contributed by atoms with E-state index in [-0.39, 0.29) is 11.3 Å². The Kier molecular flexibility index (Phi) is 4.52. The Morgan fingerprint density at radius 3 is 2.59 bits per heavy atom. The SMILES string of the molecule is COC(=O)[C@@H](CO)NC(=O)c1nn(C)c(=O)c2ccccc12. The zero-order valence-electron chi connectivity index (χ0n) is 12.1. The Bertz CT molecular complexity index is 784. The van der Waals surface area contributed by atoms with Gasteiger partial charge in [-0.2, -0.15) is 5.10 Å². The van der Waals surface area contributed by atoms with Crippen molar-refractivity contribution in [1.29, 1.82) is 0 Å². The van der Waals surface area contributed by atoms with Crippen molar-refractivity contribution in [2.45, 2.75) is 6.04 Å². The number of esters is 1. The molecule has 0 radical (unpaired) electrons. The number of ether oxygens (including phenoxy) is 1. The van der Waals surface area contributed by atoms with Crippen LogP contribution < -0.4 is 10.9 Å². The molecular formula is C14H15N3O5. The molecule has 22 heavy (non-hydrogen) atoms. The summed E-state index contributed by atoms with van der Waals surface area (Å²) in [6.45, 7) is -0.609. The summed E-state index contributed by atoms with van der Waals surface area (Å²) in [5, 5.41) is 16.1. The monoisotopic (exact) mass is 305 g/mol. The van der Waals surface area contributed by atoms with E-state index in [1.54, 1.807) is 24.3 Å². The van der Waals surface area contributed by atoms with Gasteiger partial charge in [0, 0.05) is 12.4 Å². The van der Waals surface area contributed by atoms with Gasteiger partial charge in [-0.1, -0.05) is 18.2 Å². The smallest absolute Gasteiger partial charge is 0.330 e. The molecule has 8 heteroatoms. The fourth-order valence-electron chi connectivity index (χ4n) is 2.02. The third-order valence-corrected chi connectivity index (χ3v) is 3.15. The van der Waals surface area contributed by atoms with E-state index in [0.29, 0.717) is 10.8 Å². The van der Waals surface area contributed by atoms with Gasteiger partial charge in [0.1, 0.15) is 0 Å². The molecule has 8 nitrogen and oxygen atoms in total. The van der Waals surface area contributed by atoms with Crippen molar-refractivity contribution in [1.82, 2.24) is 15.1 Å². The van der Waals surface area contributed by atoms with Crippen LogP contribution in [-0.2, 0) is 16.6 Å². The summed E-state index contributed by atoms with van der Waals surface area (Å²) in [4.78, 5) is 35.7. The highest BCUT2D eigenvalue weighted by atomic mass is 16.5. The predicted molar refractivity (Wildman–Crippen MR) is 77.3 cm³/mol. The van der Waals surface area contributed by atoms with E-state index < -0.39 is 24.5 Å². The molecule has 0 aliphatic heterocycles. The Morgan fingerprint density at radius 1 is 1.36 bits per heavy atom. The van der Waals surface area contributed by atoms with E-state index in [1.165, 1.54) is 7.05 Å². The number of methoxy groups -OCH3 is 1. The second-order valence-electron chi connectivity index (χ2n) is 4.55. The van der Waals surface area contributed by atoms with E-state index in [4.69, 9.17) is 5.11 Å². The van der Waals surface area contributed by atoms with Gasteiger partial charge < -0.3 is 15.2 Å². The molecule has 0 saturated carbocycles. The van der Waals surface area contributed by atoms with Gasteiger partial charge in [-0.05, 0) is 6.07 Å². The van der Waals surface area contributed by atoms with Gasteiger partial charge in [0.15, 0.2) is 11.7 Å². The van der Waals surface area contributed by atoms with Crippen LogP contribution in [0.2, 0.25) is 0 Å². The third-order valence-electron chi connectivity index (χ3n) is 3.15. The number of aliphatic hydroxyl groups excluding tert-OH is 1. The van der Waals surface area contributed by atoms with Gasteiger partial charge in [-0.25, -0.2) is 9.48 Å². The van der Waals surface area contributed by atoms with Gasteiger partial charge in [0.25, 0.3) is 11.5 Å². The standard InChI is InChI=1S/C14H15N3O5/c1-17-13(20)9-6-4-3-5-8(9)11(16-17)12(19)15-10(7-18)14(21)22-2/h3-6,10,18H,7H2,1-2H3,(H,15,19)/t10-/m1/s1. The third kappa shape index (κ3) is 2.82. The maximum atomic E-state index is 12.3. The summed E-state index contributed by atoms with van der Waals surface area (Å²) in [5.74, 6) is -1.46. The van der Waals surface area contributed by atoms with Gasteiger partial charge in [-0.15, -0.1) is 0 Å². The Morgan fingerprint density at radius 2 is 2.00 bits per heavy atom. The van der Waals surface area contributed by atoms with Crippen molar-refractivity contribution in [3.05, 3.63) is 40.3 Å². The second kappa shape index (κ2) is 6.35. The van der Waals surface area contributed by atoms with Gasteiger partial charge in [-0.3, -0.25) is 9.59 Å². The molecule has 0 spiro atoms. The van der Waals surface area contributed by atoms with Crippen LogP contribution in [0.5, 0.6) is 0 Å². The molecule has 0 saturated heterocycles. The van der Waals surface area contributed by atoms with Crippen LogP contribution in [-0.4, -0.2) is 46.5 Å². The van der Waals surface area contributed by atoms with Crippen molar-refractivity contribution < 1.29 is 19.4 Å². The van der Waals surface area contributed by atoms with E-state index in [0.717, 1.165) is 11.8 Å². The number of nitrogens with one attached hydrogen (secondary N) is 1. The number of aliphatic hydroxyl groups is 1. The molecule has 0 aliphatic carbocycles. The Hall–Kier alpha value is -2.74. The van der Waals surface area contributed by atoms with Crippen LogP contribution in [0.25, 0.3) is 10.8 Å². The Balaban J connectivity index is 2.46. The summed E-state index contributed by atoms with van der Waals surface area (Å²) in [6.07, 6.45) is 0. The fraction of sp³-hybridized carbons (Fsp3) is 0.286. The lowest BCUT2D eigenvalue weighted by Gasteiger charge is -2.14. The molecule has 0 bridgehead atoms. The number of aryl methyl sites for hydroxylation is 1. The molecule has 2 aromatic rings. The first kappa shape index (κ1) is 15.6. The first-order valence-corrected chi connectivity index (χ1v) is 6.45. The first-order valence-electron chi connectivity index (χ1n) is 6.45. The maximum absolute atomic E-state index is 12.3. The molecular weight excluding hydrogens is 290 g/mol. The normalized spacial score (nSPS) is 12.0. The molecule has 1 heterocycles. The lowest BCUT2D eigenvalue weighted by Crippen LogP contribution is -2.44. The summed E-state index contributed by atoms with van der Waals surface area (Å²) in [5.41, 5.74) is -0.348. The highest BCUT2D eigenvalue weighted by Gasteiger charge is 2.23. The number of hydrogen-bond donors (Lipinski definition) is 2. The topological polar surface area (TPSA) is 111 Å². The van der Waals surface area contributed by atoms with Crippen LogP contribution in [0.3, 0.4) is 0 Å². The minimum atomic E-state index is -1.20. The summed E-state index contributed by atoms with van der Waals surface area (Å²) >= 11 is 0. The molecule has 1 atom stereocenters. The molecule has 1 aromatic carbocycles. The molecule has 0 fully saturated rings. The lowest BCUT2D eigenvalue weighted by atomic mass is 10.1. The van der Waals surface area contributed by atoms with Gasteiger partial charge >= 0.3 is 5.97 Å². The number of carbonyl (C=O) groups is 2. The molecule has 0 aliphatic rings. The largest absolute Gasteiger partial charge is 0.467 e. The summed E-state index contributed by atoms with van der Waals surface area (Å²) in [7, 11) is 2.58. The van der Waals surface area contributed by atoms with Gasteiger partial charge in [0.05, 0.1) is 19.1 Å². The number of amides is 1. The molecule has 1 amide bonds. The highest BCUT2D eigenvalue weighted by molar-refractivity contribution is 6.05. The van der Waals surface area contributed by atoms with Crippen molar-refractivity contribution in [2.75, 3.05) is 13.7 Å². The quantitative estimate of drug-likeness (QED) is 0.715. The molecule has 2 rings (SSSR count). The summed E-state index contributed by atoms with van der Waals surface area (Å²) in [6, 6.07) is 5.32. The predicted octanol–water partition coefficient (Wildman–Crippen LogP) is -0.803. The van der Waals surface area contributed by atoms with Crippen LogP contribution in [0.4, 0.5) is 0 Å². The van der Waals surface area contributed by atoms with Crippen LogP contribution in [0, 0.1) is 0 Å². The van der Waals surface area contributed by atoms with Crippen molar-refractivity contribution in [2.24, 2.45) is 7.05 Å². The Labute approximate surface area is 125 Å². The van der Waals surface area contributed by atoms with Crippen molar-refractivity contribution in [3.8, 4) is 0 Å². The molecule has 0 unspecified atom stereocenters. The minimum absolute atomic E-state index is 0.0138. The van der Waals surface area contributed by atoms with Crippen molar-refractivity contribution >= 4 is 22.6 Å². The minimum Gasteiger partial charge on any atom is -0.467 e. The summed E-state index contributed by atoms with van der Waals surface area (Å²) < 4.78 is 5.53. The van der Waals surface area contributed by atoms with Crippen LogP contribution in [0.15, 0.2) is 29.1 Å². The molecule has 2 N–H and O–H groups in total. The number of carbonyl (C=O) groups excluding carboxylic acids is 2. The van der Waals surface area contributed by atoms with Gasteiger partial charge in [0.2, 0.25) is 0 Å². The number of rotatable bonds is 4. The number of nitrogens with zero attached hydrogens (tertiary/aromatic N) is 2. The van der Waals surface area contributed by atoms with E-state index in [9.17, 15) is 14.4 Å². The fourth-order valence-corrected chi connectivity index (χ4v) is 2.02. The van der Waals surface area contributed by atoms with E-state index >= 15 is 0 Å². The highest BCUT2D eigenvalue weighted by Crippen LogP contribution is 2.13. The second-order valence-corrected chi connectivity index (χ2v) is 4.55. The average Bonchev–Trinajstić information content (AvgIpc) is 2.55. The number of benzene rings is 1. The molecule has 1 aromatic heterocycles. The van der Waals surface area contributed by atoms with Crippen LogP contribution >= 0.6 is 0 Å². The van der Waals surface area contributed by atoms with Crippen LogP contribution in [0.1, 0.15) is 10.5 Å². The van der Waals surface area contributed by atoms with E-state index in [1.807, 2.05) is 0 Å². The number of hydrogen-bond acceptors (Lipinski definition) is 6. The number of aromatic nitrogens is 2. The average molecular weight is 305 g/mol. The van der Waals surface area contributed by atoms with Crippen molar-refractivity contribution in [3.63, 3.8) is 0 Å². The number of fused-ring (bicyclic) bond motifs is 1. The zero-order chi connectivity index (χ0) is 16.3. The molecule has 116 valence electrons. The first-order chi connectivity index (χ1) is 10.5. The lowest BCUT2D eigenvalue weighted by molar-refractivity contribution is -0.143.